The molecule has 4 rings (SSSR count). The van der Waals surface area contributed by atoms with Gasteiger partial charge in [0.15, 0.2) is 11.5 Å². The molecule has 1 N–H and O–H groups in total. The smallest absolute Gasteiger partial charge is 0.203 e. The SMILES string of the molecule is COc1cc(CN2CCC(O)(Cn3ccc4nc(Cl)ccc43)CC2)cc(OC)c1OC. The molecule has 1 saturated heterocycles. The topological polar surface area (TPSA) is 69.0 Å². The first-order valence-electron chi connectivity index (χ1n) is 10.3. The number of halogens is 1. The van der Waals surface area contributed by atoms with E-state index in [4.69, 9.17) is 25.8 Å². The maximum atomic E-state index is 11.2. The van der Waals surface area contributed by atoms with Crippen molar-refractivity contribution in [3.8, 4) is 17.2 Å². The Labute approximate surface area is 187 Å². The van der Waals surface area contributed by atoms with Crippen LogP contribution in [0.15, 0.2) is 36.5 Å². The fourth-order valence-electron chi connectivity index (χ4n) is 4.27. The molecule has 8 heteroatoms. The number of fused-ring (bicyclic) bond motifs is 1. The number of piperidine rings is 1. The van der Waals surface area contributed by atoms with E-state index in [0.717, 1.165) is 36.2 Å². The maximum absolute atomic E-state index is 11.2. The number of hydrogen-bond acceptors (Lipinski definition) is 6. The van der Waals surface area contributed by atoms with Crippen molar-refractivity contribution in [3.63, 3.8) is 0 Å². The summed E-state index contributed by atoms with van der Waals surface area (Å²) < 4.78 is 18.4. The molecule has 0 spiro atoms. The molecular weight excluding hydrogens is 418 g/mol. The van der Waals surface area contributed by atoms with Crippen LogP contribution in [0.25, 0.3) is 11.0 Å². The predicted molar refractivity (Wildman–Crippen MR) is 120 cm³/mol. The maximum Gasteiger partial charge on any atom is 0.203 e. The van der Waals surface area contributed by atoms with Gasteiger partial charge in [0, 0.05) is 25.8 Å². The van der Waals surface area contributed by atoms with E-state index in [2.05, 4.69) is 14.5 Å². The molecule has 1 aliphatic heterocycles. The Balaban J connectivity index is 1.42. The van der Waals surface area contributed by atoms with Crippen LogP contribution in [-0.2, 0) is 13.1 Å². The van der Waals surface area contributed by atoms with E-state index < -0.39 is 5.60 Å². The van der Waals surface area contributed by atoms with Gasteiger partial charge in [-0.2, -0.15) is 0 Å². The molecule has 0 radical (unpaired) electrons. The number of aliphatic hydroxyl groups is 1. The van der Waals surface area contributed by atoms with Gasteiger partial charge in [0.2, 0.25) is 5.75 Å². The first-order valence-corrected chi connectivity index (χ1v) is 10.7. The van der Waals surface area contributed by atoms with Gasteiger partial charge in [0.1, 0.15) is 5.15 Å². The Morgan fingerprint density at radius 3 is 2.32 bits per heavy atom. The van der Waals surface area contributed by atoms with Crippen molar-refractivity contribution in [1.29, 1.82) is 0 Å². The Bertz CT molecular complexity index is 1040. The lowest BCUT2D eigenvalue weighted by molar-refractivity contribution is -0.0349. The van der Waals surface area contributed by atoms with E-state index >= 15 is 0 Å². The highest BCUT2D eigenvalue weighted by molar-refractivity contribution is 6.29. The Morgan fingerprint density at radius 2 is 1.71 bits per heavy atom. The van der Waals surface area contributed by atoms with Crippen LogP contribution >= 0.6 is 11.6 Å². The molecule has 1 fully saturated rings. The van der Waals surface area contributed by atoms with E-state index in [-0.39, 0.29) is 0 Å². The lowest BCUT2D eigenvalue weighted by Gasteiger charge is -2.38. The predicted octanol–water partition coefficient (Wildman–Crippen LogP) is 3.74. The van der Waals surface area contributed by atoms with Crippen LogP contribution in [-0.4, -0.2) is 59.6 Å². The van der Waals surface area contributed by atoms with Crippen LogP contribution in [0.3, 0.4) is 0 Å². The van der Waals surface area contributed by atoms with E-state index in [0.29, 0.717) is 41.8 Å². The fraction of sp³-hybridized carbons (Fsp3) is 0.435. The monoisotopic (exact) mass is 445 g/mol. The summed E-state index contributed by atoms with van der Waals surface area (Å²) in [5.74, 6) is 1.90. The highest BCUT2D eigenvalue weighted by Crippen LogP contribution is 2.39. The van der Waals surface area contributed by atoms with E-state index in [1.807, 2.05) is 30.5 Å². The quantitative estimate of drug-likeness (QED) is 0.559. The minimum atomic E-state index is -0.753. The third kappa shape index (κ3) is 4.59. The first kappa shape index (κ1) is 21.7. The van der Waals surface area contributed by atoms with Crippen molar-refractivity contribution in [1.82, 2.24) is 14.5 Å². The second kappa shape index (κ2) is 8.94. The molecule has 2 aromatic heterocycles. The summed E-state index contributed by atoms with van der Waals surface area (Å²) >= 11 is 5.99. The molecule has 0 bridgehead atoms. The summed E-state index contributed by atoms with van der Waals surface area (Å²) in [5, 5.41) is 11.7. The van der Waals surface area contributed by atoms with E-state index in [9.17, 15) is 5.11 Å². The molecule has 1 aromatic carbocycles. The number of pyridine rings is 1. The van der Waals surface area contributed by atoms with Gasteiger partial charge in [-0.3, -0.25) is 4.90 Å². The number of aromatic nitrogens is 2. The molecule has 0 saturated carbocycles. The van der Waals surface area contributed by atoms with Gasteiger partial charge in [-0.1, -0.05) is 11.6 Å². The largest absolute Gasteiger partial charge is 0.493 e. The van der Waals surface area contributed by atoms with Gasteiger partial charge >= 0.3 is 0 Å². The number of likely N-dealkylation sites (tertiary alicyclic amines) is 1. The van der Waals surface area contributed by atoms with Crippen LogP contribution in [0, 0.1) is 0 Å². The van der Waals surface area contributed by atoms with Crippen LogP contribution in [0.1, 0.15) is 18.4 Å². The zero-order valence-corrected chi connectivity index (χ0v) is 18.9. The first-order chi connectivity index (χ1) is 14.9. The van der Waals surface area contributed by atoms with Gasteiger partial charge in [-0.25, -0.2) is 4.98 Å². The van der Waals surface area contributed by atoms with Crippen molar-refractivity contribution in [2.45, 2.75) is 31.5 Å². The molecule has 0 aliphatic carbocycles. The summed E-state index contributed by atoms with van der Waals surface area (Å²) in [4.78, 5) is 6.67. The molecule has 0 amide bonds. The van der Waals surface area contributed by atoms with Gasteiger partial charge in [0.05, 0.1) is 44.5 Å². The average molecular weight is 446 g/mol. The zero-order valence-electron chi connectivity index (χ0n) is 18.1. The van der Waals surface area contributed by atoms with E-state index in [1.54, 1.807) is 27.4 Å². The number of benzene rings is 1. The number of hydrogen-bond donors (Lipinski definition) is 1. The van der Waals surface area contributed by atoms with Crippen LogP contribution < -0.4 is 14.2 Å². The molecule has 1 aliphatic rings. The van der Waals surface area contributed by atoms with Crippen molar-refractivity contribution in [3.05, 3.63) is 47.2 Å². The molecule has 0 atom stereocenters. The van der Waals surface area contributed by atoms with Gasteiger partial charge in [-0.05, 0) is 48.7 Å². The normalized spacial score (nSPS) is 16.4. The fourth-order valence-corrected chi connectivity index (χ4v) is 4.43. The molecule has 31 heavy (non-hydrogen) atoms. The summed E-state index contributed by atoms with van der Waals surface area (Å²) in [6.07, 6.45) is 3.35. The van der Waals surface area contributed by atoms with Crippen molar-refractivity contribution < 1.29 is 19.3 Å². The summed E-state index contributed by atoms with van der Waals surface area (Å²) in [5.41, 5.74) is 2.16. The second-order valence-corrected chi connectivity index (χ2v) is 8.40. The third-order valence-electron chi connectivity index (χ3n) is 5.97. The highest BCUT2D eigenvalue weighted by atomic mass is 35.5. The Hall–Kier alpha value is -2.48. The molecule has 166 valence electrons. The lowest BCUT2D eigenvalue weighted by Crippen LogP contribution is -2.46. The molecular formula is C23H28ClN3O4. The number of methoxy groups -OCH3 is 3. The molecule has 7 nitrogen and oxygen atoms in total. The average Bonchev–Trinajstić information content (AvgIpc) is 3.15. The van der Waals surface area contributed by atoms with Gasteiger partial charge < -0.3 is 23.9 Å². The minimum Gasteiger partial charge on any atom is -0.493 e. The van der Waals surface area contributed by atoms with Crippen LogP contribution in [0.5, 0.6) is 17.2 Å². The number of nitrogens with zero attached hydrogens (tertiary/aromatic N) is 3. The Kier molecular flexibility index (Phi) is 6.27. The van der Waals surface area contributed by atoms with Crippen molar-refractivity contribution >= 4 is 22.6 Å². The lowest BCUT2D eigenvalue weighted by atomic mass is 9.91. The van der Waals surface area contributed by atoms with Crippen LogP contribution in [0.2, 0.25) is 5.15 Å². The second-order valence-electron chi connectivity index (χ2n) is 8.02. The summed E-state index contributed by atoms with van der Waals surface area (Å²) in [6.45, 7) is 2.90. The van der Waals surface area contributed by atoms with Crippen molar-refractivity contribution in [2.24, 2.45) is 0 Å². The summed E-state index contributed by atoms with van der Waals surface area (Å²) in [6, 6.07) is 9.63. The van der Waals surface area contributed by atoms with Gasteiger partial charge in [0.25, 0.3) is 0 Å². The minimum absolute atomic E-state index is 0.476. The van der Waals surface area contributed by atoms with Crippen LogP contribution in [0.4, 0.5) is 0 Å². The molecule has 0 unspecified atom stereocenters. The number of ether oxygens (including phenoxy) is 3. The summed E-state index contributed by atoms with van der Waals surface area (Å²) in [7, 11) is 4.84. The van der Waals surface area contributed by atoms with E-state index in [1.165, 1.54) is 0 Å². The van der Waals surface area contributed by atoms with Crippen molar-refractivity contribution in [2.75, 3.05) is 34.4 Å². The Morgan fingerprint density at radius 1 is 1.03 bits per heavy atom. The molecule has 3 heterocycles. The molecule has 3 aromatic rings. The highest BCUT2D eigenvalue weighted by Gasteiger charge is 2.33. The third-order valence-corrected chi connectivity index (χ3v) is 6.18. The number of rotatable bonds is 7. The zero-order chi connectivity index (χ0) is 22.0. The van der Waals surface area contributed by atoms with Gasteiger partial charge in [-0.15, -0.1) is 0 Å². The standard InChI is InChI=1S/C23H28ClN3O4/c1-29-19-12-16(13-20(30-2)22(19)31-3)14-26-10-7-23(28,8-11-26)15-27-9-6-17-18(27)4-5-21(24)25-17/h4-6,9,12-13,28H,7-8,10-11,14-15H2,1-3H3.